The van der Waals surface area contributed by atoms with Gasteiger partial charge in [0.2, 0.25) is 15.0 Å². The number of piperidine rings is 1. The van der Waals surface area contributed by atoms with Crippen molar-refractivity contribution in [3.05, 3.63) is 51.3 Å². The molecule has 1 aliphatic heterocycles. The molecule has 0 unspecified atom stereocenters. The van der Waals surface area contributed by atoms with Gasteiger partial charge < -0.3 is 9.84 Å². The lowest BCUT2D eigenvalue weighted by atomic mass is 10.0. The van der Waals surface area contributed by atoms with Gasteiger partial charge in [-0.1, -0.05) is 34.7 Å². The zero-order chi connectivity index (χ0) is 22.2. The van der Waals surface area contributed by atoms with Crippen molar-refractivity contribution in [1.29, 1.82) is 0 Å². The Bertz CT molecular complexity index is 1200. The molecule has 0 radical (unpaired) electrons. The molecule has 1 aromatic carbocycles. The topological polar surface area (TPSA) is 118 Å². The van der Waals surface area contributed by atoms with Crippen molar-refractivity contribution in [1.82, 2.24) is 19.7 Å². The van der Waals surface area contributed by atoms with Gasteiger partial charge in [0.25, 0.3) is 5.91 Å². The molecule has 0 bridgehead atoms. The quantitative estimate of drug-likeness (QED) is 0.619. The number of carbonyl (C=O) groups is 1. The van der Waals surface area contributed by atoms with Crippen LogP contribution in [0, 0.1) is 20.8 Å². The number of carbonyl (C=O) groups excluding carboxylic acids is 1. The predicted molar refractivity (Wildman–Crippen MR) is 116 cm³/mol. The van der Waals surface area contributed by atoms with Gasteiger partial charge in [0.1, 0.15) is 15.6 Å². The van der Waals surface area contributed by atoms with Gasteiger partial charge in [-0.15, -0.1) is 10.2 Å². The van der Waals surface area contributed by atoms with Crippen LogP contribution in [-0.4, -0.2) is 47.1 Å². The van der Waals surface area contributed by atoms with E-state index in [0.29, 0.717) is 23.7 Å². The lowest BCUT2D eigenvalue weighted by Crippen LogP contribution is -2.39. The first-order valence-corrected chi connectivity index (χ1v) is 12.2. The van der Waals surface area contributed by atoms with Crippen molar-refractivity contribution >= 4 is 33.0 Å². The molecule has 1 saturated heterocycles. The lowest BCUT2D eigenvalue weighted by Gasteiger charge is -2.30. The fraction of sp³-hybridized carbons (Fsp3) is 0.400. The highest BCUT2D eigenvalue weighted by Gasteiger charge is 2.36. The number of para-hydroxylation sites is 1. The Kier molecular flexibility index (Phi) is 5.91. The Morgan fingerprint density at radius 3 is 2.71 bits per heavy atom. The van der Waals surface area contributed by atoms with E-state index in [0.717, 1.165) is 17.7 Å². The van der Waals surface area contributed by atoms with Crippen LogP contribution in [0.3, 0.4) is 0 Å². The van der Waals surface area contributed by atoms with Crippen molar-refractivity contribution < 1.29 is 17.7 Å². The molecule has 0 aliphatic carbocycles. The van der Waals surface area contributed by atoms with Crippen LogP contribution in [0.25, 0.3) is 0 Å². The molecular weight excluding hydrogens is 438 g/mol. The summed E-state index contributed by atoms with van der Waals surface area (Å²) in [4.78, 5) is 12.7. The average molecular weight is 462 g/mol. The van der Waals surface area contributed by atoms with Gasteiger partial charge in [-0.3, -0.25) is 4.79 Å². The maximum absolute atomic E-state index is 13.1. The molecule has 0 spiro atoms. The van der Waals surface area contributed by atoms with Crippen LogP contribution in [-0.2, 0) is 10.0 Å². The summed E-state index contributed by atoms with van der Waals surface area (Å²) in [6.07, 6.45) is 1.47. The summed E-state index contributed by atoms with van der Waals surface area (Å²) in [5.41, 5.74) is 2.03. The average Bonchev–Trinajstić information content (AvgIpc) is 3.37. The second-order valence-electron chi connectivity index (χ2n) is 7.57. The molecule has 0 saturated carbocycles. The monoisotopic (exact) mass is 461 g/mol. The molecular formula is C20H23N5O4S2. The largest absolute Gasteiger partial charge is 0.360 e. The predicted octanol–water partition coefficient (Wildman–Crippen LogP) is 3.27. The normalized spacial score (nSPS) is 17.6. The van der Waals surface area contributed by atoms with E-state index in [-0.39, 0.29) is 34.0 Å². The van der Waals surface area contributed by atoms with E-state index in [1.54, 1.807) is 13.8 Å². The summed E-state index contributed by atoms with van der Waals surface area (Å²) >= 11 is 1.20. The fourth-order valence-corrected chi connectivity index (χ4v) is 6.39. The Labute approximate surface area is 184 Å². The number of benzene rings is 1. The van der Waals surface area contributed by atoms with E-state index in [2.05, 4.69) is 20.7 Å². The second kappa shape index (κ2) is 8.48. The van der Waals surface area contributed by atoms with Gasteiger partial charge in [0.05, 0.1) is 0 Å². The van der Waals surface area contributed by atoms with Crippen LogP contribution in [0.5, 0.6) is 0 Å². The van der Waals surface area contributed by atoms with E-state index >= 15 is 0 Å². The molecule has 1 fully saturated rings. The molecule has 1 atom stereocenters. The molecule has 11 heteroatoms. The lowest BCUT2D eigenvalue weighted by molar-refractivity contribution is 0.102. The van der Waals surface area contributed by atoms with Crippen LogP contribution < -0.4 is 5.32 Å². The van der Waals surface area contributed by atoms with Crippen molar-refractivity contribution in [2.75, 3.05) is 18.4 Å². The van der Waals surface area contributed by atoms with Crippen molar-refractivity contribution in [2.45, 2.75) is 44.4 Å². The second-order valence-corrected chi connectivity index (χ2v) is 10.5. The van der Waals surface area contributed by atoms with E-state index in [9.17, 15) is 13.2 Å². The molecule has 3 heterocycles. The van der Waals surface area contributed by atoms with E-state index < -0.39 is 10.0 Å². The smallest absolute Gasteiger partial charge is 0.286 e. The van der Waals surface area contributed by atoms with Crippen LogP contribution in [0.15, 0.2) is 33.7 Å². The first-order valence-electron chi connectivity index (χ1n) is 9.90. The summed E-state index contributed by atoms with van der Waals surface area (Å²) < 4.78 is 32.8. The summed E-state index contributed by atoms with van der Waals surface area (Å²) in [5.74, 6) is -0.165. The molecule has 1 aliphatic rings. The third-order valence-corrected chi connectivity index (χ3v) is 8.52. The molecule has 9 nitrogen and oxygen atoms in total. The molecule has 1 amide bonds. The number of amides is 1. The van der Waals surface area contributed by atoms with Gasteiger partial charge in [-0.05, 0) is 45.2 Å². The Balaban J connectivity index is 1.50. The van der Waals surface area contributed by atoms with Crippen LogP contribution in [0.1, 0.15) is 50.6 Å². The summed E-state index contributed by atoms with van der Waals surface area (Å²) in [6, 6.07) is 7.49. The van der Waals surface area contributed by atoms with E-state index in [1.807, 2.05) is 31.2 Å². The number of sulfonamides is 1. The highest BCUT2D eigenvalue weighted by molar-refractivity contribution is 7.89. The summed E-state index contributed by atoms with van der Waals surface area (Å²) in [7, 11) is -3.72. The number of hydrogen-bond acceptors (Lipinski definition) is 8. The molecule has 164 valence electrons. The first-order chi connectivity index (χ1) is 14.8. The number of aromatic nitrogens is 3. The Hall–Kier alpha value is -2.63. The number of nitrogens with one attached hydrogen (secondary N) is 1. The Morgan fingerprint density at radius 1 is 1.23 bits per heavy atom. The van der Waals surface area contributed by atoms with E-state index in [1.165, 1.54) is 15.6 Å². The maximum atomic E-state index is 13.1. The van der Waals surface area contributed by atoms with Gasteiger partial charge in [-0.2, -0.15) is 4.31 Å². The SMILES string of the molecule is Cc1ccccc1NC(=O)c1nnc([C@H]2CCCN(S(=O)(=O)c3c(C)noc3C)C2)s1. The van der Waals surface area contributed by atoms with Gasteiger partial charge in [-0.25, -0.2) is 8.42 Å². The molecule has 31 heavy (non-hydrogen) atoms. The first kappa shape index (κ1) is 21.6. The number of rotatable bonds is 5. The molecule has 1 N–H and O–H groups in total. The third kappa shape index (κ3) is 4.25. The van der Waals surface area contributed by atoms with Crippen LogP contribution in [0.2, 0.25) is 0 Å². The van der Waals surface area contributed by atoms with Crippen LogP contribution >= 0.6 is 11.3 Å². The van der Waals surface area contributed by atoms with Gasteiger partial charge >= 0.3 is 0 Å². The highest BCUT2D eigenvalue weighted by Crippen LogP contribution is 2.33. The summed E-state index contributed by atoms with van der Waals surface area (Å²) in [5, 5.41) is 15.8. The maximum Gasteiger partial charge on any atom is 0.286 e. The minimum Gasteiger partial charge on any atom is -0.360 e. The minimum atomic E-state index is -3.72. The minimum absolute atomic E-state index is 0.124. The third-order valence-electron chi connectivity index (χ3n) is 5.33. The molecule has 3 aromatic rings. The molecule has 2 aromatic heterocycles. The number of anilines is 1. The number of nitrogens with zero attached hydrogens (tertiary/aromatic N) is 4. The highest BCUT2D eigenvalue weighted by atomic mass is 32.2. The van der Waals surface area contributed by atoms with Gasteiger partial charge in [0, 0.05) is 24.7 Å². The number of aryl methyl sites for hydroxylation is 3. The van der Waals surface area contributed by atoms with Gasteiger partial charge in [0.15, 0.2) is 5.76 Å². The van der Waals surface area contributed by atoms with Crippen molar-refractivity contribution in [3.63, 3.8) is 0 Å². The van der Waals surface area contributed by atoms with Crippen molar-refractivity contribution in [3.8, 4) is 0 Å². The Morgan fingerprint density at radius 2 is 2.00 bits per heavy atom. The summed E-state index contributed by atoms with van der Waals surface area (Å²) in [6.45, 7) is 5.83. The van der Waals surface area contributed by atoms with E-state index in [4.69, 9.17) is 4.52 Å². The van der Waals surface area contributed by atoms with Crippen LogP contribution in [0.4, 0.5) is 5.69 Å². The standard InChI is InChI=1S/C20H23N5O4S2/c1-12-7-4-5-9-16(12)21-18(26)20-23-22-19(30-20)15-8-6-10-25(11-15)31(27,28)17-13(2)24-29-14(17)3/h4-5,7,9,15H,6,8,10-11H2,1-3H3,(H,21,26)/t15-/m0/s1. The molecule has 4 rings (SSSR count). The zero-order valence-electron chi connectivity index (χ0n) is 17.5. The van der Waals surface area contributed by atoms with Crippen molar-refractivity contribution in [2.24, 2.45) is 0 Å². The fourth-order valence-electron chi connectivity index (χ4n) is 3.71. The number of hydrogen-bond donors (Lipinski definition) is 1. The zero-order valence-corrected chi connectivity index (χ0v) is 19.1.